The fourth-order valence-corrected chi connectivity index (χ4v) is 2.85. The molecule has 0 spiro atoms. The molecule has 1 aliphatic rings. The van der Waals surface area contributed by atoms with Crippen LogP contribution in [0.4, 0.5) is 8.78 Å². The molecule has 3 N–H and O–H groups in total. The minimum absolute atomic E-state index is 0.337. The number of hydrogen-bond acceptors (Lipinski definition) is 2. The first-order valence-corrected chi connectivity index (χ1v) is 6.72. The second kappa shape index (κ2) is 5.31. The molecular formula is C16H16F2N2. The van der Waals surface area contributed by atoms with Gasteiger partial charge in [-0.2, -0.15) is 0 Å². The van der Waals surface area contributed by atoms with E-state index < -0.39 is 11.6 Å². The Bertz CT molecular complexity index is 640. The second-order valence-electron chi connectivity index (χ2n) is 5.15. The van der Waals surface area contributed by atoms with Crippen LogP contribution in [0.25, 0.3) is 0 Å². The Morgan fingerprint density at radius 3 is 2.35 bits per heavy atom. The van der Waals surface area contributed by atoms with Crippen LogP contribution in [0.5, 0.6) is 0 Å². The normalized spacial score (nSPS) is 15.2. The smallest absolute Gasteiger partial charge is 0.159 e. The topological polar surface area (TPSA) is 38.0 Å². The van der Waals surface area contributed by atoms with Crippen LogP contribution in [-0.2, 0) is 12.8 Å². The van der Waals surface area contributed by atoms with Crippen LogP contribution < -0.4 is 11.3 Å². The van der Waals surface area contributed by atoms with Gasteiger partial charge in [-0.25, -0.2) is 14.2 Å². The van der Waals surface area contributed by atoms with E-state index >= 15 is 0 Å². The molecule has 104 valence electrons. The van der Waals surface area contributed by atoms with E-state index in [1.54, 1.807) is 6.07 Å². The van der Waals surface area contributed by atoms with E-state index in [-0.39, 0.29) is 6.04 Å². The Morgan fingerprint density at radius 2 is 1.60 bits per heavy atom. The number of aryl methyl sites for hydroxylation is 2. The number of nitrogens with two attached hydrogens (primary N) is 1. The Morgan fingerprint density at radius 1 is 0.900 bits per heavy atom. The van der Waals surface area contributed by atoms with Gasteiger partial charge in [0.25, 0.3) is 0 Å². The van der Waals surface area contributed by atoms with Gasteiger partial charge in [0.1, 0.15) is 0 Å². The van der Waals surface area contributed by atoms with Crippen LogP contribution in [0.3, 0.4) is 0 Å². The third-order valence-corrected chi connectivity index (χ3v) is 3.90. The van der Waals surface area contributed by atoms with Crippen molar-refractivity contribution in [3.63, 3.8) is 0 Å². The van der Waals surface area contributed by atoms with Crippen molar-refractivity contribution in [2.75, 3.05) is 0 Å². The van der Waals surface area contributed by atoms with E-state index in [4.69, 9.17) is 5.84 Å². The summed E-state index contributed by atoms with van der Waals surface area (Å²) in [4.78, 5) is 0. The Hall–Kier alpha value is -1.78. The maximum absolute atomic E-state index is 13.4. The van der Waals surface area contributed by atoms with Crippen LogP contribution in [0.2, 0.25) is 0 Å². The van der Waals surface area contributed by atoms with Gasteiger partial charge >= 0.3 is 0 Å². The van der Waals surface area contributed by atoms with E-state index in [1.807, 2.05) is 6.07 Å². The molecule has 3 rings (SSSR count). The monoisotopic (exact) mass is 274 g/mol. The van der Waals surface area contributed by atoms with E-state index in [0.717, 1.165) is 24.5 Å². The molecule has 0 saturated heterocycles. The average molecular weight is 274 g/mol. The van der Waals surface area contributed by atoms with Crippen LogP contribution in [0.15, 0.2) is 36.4 Å². The summed E-state index contributed by atoms with van der Waals surface area (Å²) in [5.41, 5.74) is 6.96. The molecule has 4 heteroatoms. The Labute approximate surface area is 116 Å². The zero-order valence-corrected chi connectivity index (χ0v) is 11.0. The summed E-state index contributed by atoms with van der Waals surface area (Å²) in [5.74, 6) is 3.90. The van der Waals surface area contributed by atoms with Gasteiger partial charge in [-0.3, -0.25) is 5.84 Å². The van der Waals surface area contributed by atoms with Crippen molar-refractivity contribution < 1.29 is 8.78 Å². The maximum Gasteiger partial charge on any atom is 0.159 e. The molecule has 0 heterocycles. The van der Waals surface area contributed by atoms with Gasteiger partial charge in [-0.05, 0) is 53.6 Å². The van der Waals surface area contributed by atoms with Crippen molar-refractivity contribution in [2.45, 2.75) is 25.3 Å². The van der Waals surface area contributed by atoms with Gasteiger partial charge < -0.3 is 0 Å². The van der Waals surface area contributed by atoms with E-state index in [0.29, 0.717) is 5.56 Å². The lowest BCUT2D eigenvalue weighted by Crippen LogP contribution is -2.29. The van der Waals surface area contributed by atoms with Crippen LogP contribution >= 0.6 is 0 Å². The molecule has 1 atom stereocenters. The zero-order valence-electron chi connectivity index (χ0n) is 11.0. The summed E-state index contributed by atoms with van der Waals surface area (Å²) in [5, 5.41) is 0. The zero-order chi connectivity index (χ0) is 14.1. The summed E-state index contributed by atoms with van der Waals surface area (Å²) in [6.07, 6.45) is 3.35. The van der Waals surface area contributed by atoms with Crippen LogP contribution in [0, 0.1) is 11.6 Å². The van der Waals surface area contributed by atoms with Gasteiger partial charge in [0.2, 0.25) is 0 Å². The molecule has 0 fully saturated rings. The Kier molecular flexibility index (Phi) is 3.51. The summed E-state index contributed by atoms with van der Waals surface area (Å²) in [6.45, 7) is 0. The first-order valence-electron chi connectivity index (χ1n) is 6.72. The third kappa shape index (κ3) is 2.32. The lowest BCUT2D eigenvalue weighted by molar-refractivity contribution is 0.504. The fourth-order valence-electron chi connectivity index (χ4n) is 2.85. The summed E-state index contributed by atoms with van der Waals surface area (Å²) in [6, 6.07) is 9.73. The van der Waals surface area contributed by atoms with Crippen molar-refractivity contribution in [2.24, 2.45) is 5.84 Å². The maximum atomic E-state index is 13.4. The molecule has 1 aliphatic carbocycles. The number of hydrazine groups is 1. The Balaban J connectivity index is 1.98. The number of hydrogen-bond donors (Lipinski definition) is 2. The fraction of sp³-hybridized carbons (Fsp3) is 0.250. The molecule has 1 unspecified atom stereocenters. The number of fused-ring (bicyclic) bond motifs is 1. The minimum atomic E-state index is -0.857. The number of nitrogens with one attached hydrogen (secondary N) is 1. The highest BCUT2D eigenvalue weighted by Gasteiger charge is 2.18. The minimum Gasteiger partial charge on any atom is -0.271 e. The molecule has 20 heavy (non-hydrogen) atoms. The van der Waals surface area contributed by atoms with E-state index in [9.17, 15) is 8.78 Å². The molecular weight excluding hydrogens is 258 g/mol. The number of halogens is 2. The first-order chi connectivity index (χ1) is 9.69. The molecule has 0 saturated carbocycles. The van der Waals surface area contributed by atoms with Crippen molar-refractivity contribution in [3.8, 4) is 0 Å². The SMILES string of the molecule is NNC(c1ccc(F)c(F)c1)c1ccc2c(c1)CCC2. The number of rotatable bonds is 3. The van der Waals surface area contributed by atoms with Gasteiger partial charge in [0, 0.05) is 0 Å². The van der Waals surface area contributed by atoms with E-state index in [1.165, 1.54) is 23.6 Å². The van der Waals surface area contributed by atoms with Gasteiger partial charge in [-0.15, -0.1) is 0 Å². The number of benzene rings is 2. The first kappa shape index (κ1) is 13.2. The molecule has 2 aromatic carbocycles. The summed E-state index contributed by atoms with van der Waals surface area (Å²) in [7, 11) is 0. The van der Waals surface area contributed by atoms with Crippen molar-refractivity contribution >= 4 is 0 Å². The van der Waals surface area contributed by atoms with Crippen molar-refractivity contribution in [1.29, 1.82) is 0 Å². The molecule has 0 aliphatic heterocycles. The van der Waals surface area contributed by atoms with Crippen molar-refractivity contribution in [3.05, 3.63) is 70.3 Å². The molecule has 0 aromatic heterocycles. The highest BCUT2D eigenvalue weighted by atomic mass is 19.2. The predicted molar refractivity (Wildman–Crippen MR) is 74.0 cm³/mol. The largest absolute Gasteiger partial charge is 0.271 e. The third-order valence-electron chi connectivity index (χ3n) is 3.90. The van der Waals surface area contributed by atoms with Gasteiger partial charge in [-0.1, -0.05) is 24.3 Å². The molecule has 0 bridgehead atoms. The molecule has 0 radical (unpaired) electrons. The standard InChI is InChI=1S/C16H16F2N2/c17-14-7-6-13(9-15(14)18)16(20-19)12-5-4-10-2-1-3-11(10)8-12/h4-9,16,20H,1-3,19H2. The van der Waals surface area contributed by atoms with Gasteiger partial charge in [0.05, 0.1) is 6.04 Å². The van der Waals surface area contributed by atoms with Crippen LogP contribution in [0.1, 0.15) is 34.7 Å². The van der Waals surface area contributed by atoms with Gasteiger partial charge in [0.15, 0.2) is 11.6 Å². The molecule has 0 amide bonds. The summed E-state index contributed by atoms with van der Waals surface area (Å²) >= 11 is 0. The molecule has 2 nitrogen and oxygen atoms in total. The lowest BCUT2D eigenvalue weighted by Gasteiger charge is -2.18. The quantitative estimate of drug-likeness (QED) is 0.667. The highest BCUT2D eigenvalue weighted by molar-refractivity contribution is 5.40. The van der Waals surface area contributed by atoms with Crippen molar-refractivity contribution in [1.82, 2.24) is 5.43 Å². The van der Waals surface area contributed by atoms with Crippen LogP contribution in [-0.4, -0.2) is 0 Å². The second-order valence-corrected chi connectivity index (χ2v) is 5.15. The molecule has 2 aromatic rings. The predicted octanol–water partition coefficient (Wildman–Crippen LogP) is 3.01. The highest BCUT2D eigenvalue weighted by Crippen LogP contribution is 2.28. The lowest BCUT2D eigenvalue weighted by atomic mass is 9.96. The van der Waals surface area contributed by atoms with E-state index in [2.05, 4.69) is 17.6 Å². The summed E-state index contributed by atoms with van der Waals surface area (Å²) < 4.78 is 26.4. The average Bonchev–Trinajstić information content (AvgIpc) is 2.91.